The highest BCUT2D eigenvalue weighted by Crippen LogP contribution is 2.57. The van der Waals surface area contributed by atoms with E-state index < -0.39 is 18.1 Å². The number of methoxy groups -OCH3 is 2. The van der Waals surface area contributed by atoms with E-state index in [1.54, 1.807) is 44.6 Å². The highest BCUT2D eigenvalue weighted by atomic mass is 32.5. The topological polar surface area (TPSA) is 165 Å². The lowest BCUT2D eigenvalue weighted by molar-refractivity contribution is -0.186. The highest BCUT2D eigenvalue weighted by molar-refractivity contribution is 8.08. The zero-order valence-corrected chi connectivity index (χ0v) is 31.1. The number of fused-ring (bicyclic) bond motifs is 6. The number of nitrogens with one attached hydrogen (secondary N) is 1. The van der Waals surface area contributed by atoms with Crippen LogP contribution in [-0.4, -0.2) is 81.0 Å². The summed E-state index contributed by atoms with van der Waals surface area (Å²) in [6.45, 7) is 4.39. The Morgan fingerprint density at radius 3 is 2.29 bits per heavy atom. The lowest BCUT2D eigenvalue weighted by Crippen LogP contribution is -2.33. The zero-order chi connectivity index (χ0) is 36.9. The largest absolute Gasteiger partial charge is 0.801 e. The number of rotatable bonds is 12. The van der Waals surface area contributed by atoms with Crippen molar-refractivity contribution in [1.82, 2.24) is 5.32 Å². The molecule has 5 atom stereocenters. The lowest BCUT2D eigenvalue weighted by atomic mass is 9.77. The van der Waals surface area contributed by atoms with Gasteiger partial charge in [-0.2, -0.15) is 0 Å². The number of benzene rings is 3. The van der Waals surface area contributed by atoms with E-state index in [9.17, 15) is 24.7 Å². The SMILES string of the molecule is COCC(C)CCCCNC(=O)c1ccc2c(c1)C(=O)OC21c2ccc(O)cc2Oc2cc(O)ccc21.COC[C@H]1O[C@@H](C)CC1OP(C)([O-])=S. The summed E-state index contributed by atoms with van der Waals surface area (Å²) in [6, 6.07) is 14.1. The third kappa shape index (κ3) is 8.92. The number of esters is 1. The number of hydrogen-bond donors (Lipinski definition) is 3. The van der Waals surface area contributed by atoms with Crippen LogP contribution < -0.4 is 14.9 Å². The average molecular weight is 743 g/mol. The van der Waals surface area contributed by atoms with E-state index in [-0.39, 0.29) is 41.3 Å². The first-order valence-corrected chi connectivity index (χ1v) is 20.0. The molecule has 14 heteroatoms. The lowest BCUT2D eigenvalue weighted by Gasteiger charge is -2.36. The van der Waals surface area contributed by atoms with Gasteiger partial charge in [0, 0.05) is 68.2 Å². The van der Waals surface area contributed by atoms with Crippen LogP contribution in [0.3, 0.4) is 0 Å². The predicted octanol–water partition coefficient (Wildman–Crippen LogP) is 5.34. The van der Waals surface area contributed by atoms with E-state index in [4.69, 9.17) is 40.0 Å². The fourth-order valence-electron chi connectivity index (χ4n) is 6.72. The van der Waals surface area contributed by atoms with E-state index in [1.807, 2.05) is 6.92 Å². The quantitative estimate of drug-likeness (QED) is 0.124. The van der Waals surface area contributed by atoms with E-state index in [2.05, 4.69) is 12.2 Å². The minimum atomic E-state index is -2.85. The van der Waals surface area contributed by atoms with Crippen molar-refractivity contribution in [1.29, 1.82) is 0 Å². The van der Waals surface area contributed by atoms with Gasteiger partial charge in [-0.05, 0) is 75.2 Å². The van der Waals surface area contributed by atoms with Crippen LogP contribution in [0, 0.1) is 5.92 Å². The first-order valence-electron chi connectivity index (χ1n) is 16.9. The molecule has 12 nitrogen and oxygen atoms in total. The highest BCUT2D eigenvalue weighted by Gasteiger charge is 2.53. The zero-order valence-electron chi connectivity index (χ0n) is 29.4. The molecular weight excluding hydrogens is 697 g/mol. The normalized spacial score (nSPS) is 21.2. The Kier molecular flexibility index (Phi) is 12.4. The van der Waals surface area contributed by atoms with Crippen LogP contribution >= 0.6 is 6.49 Å². The van der Waals surface area contributed by atoms with Crippen molar-refractivity contribution in [2.45, 2.75) is 63.4 Å². The second-order valence-electron chi connectivity index (χ2n) is 13.2. The molecule has 1 spiro atoms. The molecule has 3 aliphatic heterocycles. The van der Waals surface area contributed by atoms with Crippen molar-refractivity contribution in [3.8, 4) is 23.0 Å². The molecule has 1 saturated heterocycles. The standard InChI is InChI=1S/C29H29NO7.C8H17O4PS/c1-17(16-35-2)5-3-4-12-30-27(33)18-6-9-22-21(13-18)28(34)37-29(22)23-10-7-19(31)14-25(23)36-26-15-20(32)8-11-24(26)29;1-6-4-7(12-13(3,9)14)8(11-6)5-10-2/h6-11,13-15,17,31-32H,3-5,12,16H2,1-2H3,(H,30,33);6-8H,4-5H2,1-3H3,(H,9,14)/p-1/t;6-,7?,8+,13?/m.0/s1. The number of unbranched alkanes of at least 4 members (excludes halogenated alkanes) is 1. The van der Waals surface area contributed by atoms with E-state index in [0.29, 0.717) is 52.8 Å². The summed E-state index contributed by atoms with van der Waals surface area (Å²) in [5.74, 6) is 0.232. The van der Waals surface area contributed by atoms with Crippen LogP contribution in [0.1, 0.15) is 76.9 Å². The van der Waals surface area contributed by atoms with Crippen molar-refractivity contribution in [2.75, 3.05) is 40.6 Å². The minimum absolute atomic E-state index is 0.0118. The van der Waals surface area contributed by atoms with Gasteiger partial charge >= 0.3 is 5.97 Å². The van der Waals surface area contributed by atoms with Gasteiger partial charge in [0.25, 0.3) is 5.91 Å². The first kappa shape index (κ1) is 38.7. The minimum Gasteiger partial charge on any atom is -0.801 e. The Morgan fingerprint density at radius 2 is 1.69 bits per heavy atom. The number of carbonyl (C=O) groups is 2. The number of ether oxygens (including phenoxy) is 5. The predicted molar refractivity (Wildman–Crippen MR) is 191 cm³/mol. The summed E-state index contributed by atoms with van der Waals surface area (Å²) < 4.78 is 33.0. The number of phenolic OH excluding ortho intramolecular Hbond substituents is 2. The third-order valence-corrected chi connectivity index (χ3v) is 9.85. The molecule has 3 unspecified atom stereocenters. The van der Waals surface area contributed by atoms with Gasteiger partial charge in [-0.1, -0.05) is 31.2 Å². The molecule has 1 fully saturated rings. The molecule has 3 aromatic carbocycles. The molecule has 0 saturated carbocycles. The summed E-state index contributed by atoms with van der Waals surface area (Å²) >= 11 is 4.73. The van der Waals surface area contributed by atoms with Crippen LogP contribution in [0.4, 0.5) is 0 Å². The second kappa shape index (κ2) is 16.4. The molecule has 51 heavy (non-hydrogen) atoms. The Labute approximate surface area is 303 Å². The van der Waals surface area contributed by atoms with Crippen LogP contribution in [0.25, 0.3) is 0 Å². The average Bonchev–Trinajstić information content (AvgIpc) is 3.55. The van der Waals surface area contributed by atoms with Crippen LogP contribution in [0.15, 0.2) is 54.6 Å². The molecule has 0 aliphatic carbocycles. The first-order chi connectivity index (χ1) is 24.2. The molecule has 1 amide bonds. The maximum Gasteiger partial charge on any atom is 0.340 e. The van der Waals surface area contributed by atoms with Crippen LogP contribution in [-0.2, 0) is 40.9 Å². The van der Waals surface area contributed by atoms with Gasteiger partial charge < -0.3 is 48.6 Å². The Balaban J connectivity index is 0.000000303. The number of hydrogen-bond acceptors (Lipinski definition) is 12. The summed E-state index contributed by atoms with van der Waals surface area (Å²) in [5.41, 5.74) is 0.935. The summed E-state index contributed by atoms with van der Waals surface area (Å²) in [5, 5.41) is 23.0. The van der Waals surface area contributed by atoms with Crippen molar-refractivity contribution in [3.05, 3.63) is 82.4 Å². The molecule has 6 rings (SSSR count). The molecule has 0 aromatic heterocycles. The van der Waals surface area contributed by atoms with Crippen molar-refractivity contribution in [3.63, 3.8) is 0 Å². The molecule has 0 bridgehead atoms. The molecule has 3 N–H and O–H groups in total. The van der Waals surface area contributed by atoms with Gasteiger partial charge in [-0.3, -0.25) is 4.79 Å². The third-order valence-electron chi connectivity index (χ3n) is 8.94. The van der Waals surface area contributed by atoms with E-state index >= 15 is 0 Å². The number of phenols is 2. The fraction of sp³-hybridized carbons (Fsp3) is 0.459. The van der Waals surface area contributed by atoms with Gasteiger partial charge in [0.1, 0.15) is 29.1 Å². The summed E-state index contributed by atoms with van der Waals surface area (Å²) in [4.78, 5) is 37.3. The number of aromatic hydroxyl groups is 2. The van der Waals surface area contributed by atoms with Gasteiger partial charge in [0.15, 0.2) is 5.60 Å². The van der Waals surface area contributed by atoms with Crippen molar-refractivity contribution in [2.24, 2.45) is 5.92 Å². The van der Waals surface area contributed by atoms with Gasteiger partial charge in [0.05, 0.1) is 24.4 Å². The van der Waals surface area contributed by atoms with Gasteiger partial charge in [-0.25, -0.2) is 4.79 Å². The maximum atomic E-state index is 13.2. The molecule has 276 valence electrons. The Morgan fingerprint density at radius 1 is 1.04 bits per heavy atom. The smallest absolute Gasteiger partial charge is 0.340 e. The second-order valence-corrected chi connectivity index (χ2v) is 16.9. The summed E-state index contributed by atoms with van der Waals surface area (Å²) in [7, 11) is 3.29. The molecule has 3 aromatic rings. The van der Waals surface area contributed by atoms with Crippen LogP contribution in [0.2, 0.25) is 0 Å². The molecule has 3 heterocycles. The number of carbonyl (C=O) groups excluding carboxylic acids is 2. The van der Waals surface area contributed by atoms with E-state index in [0.717, 1.165) is 32.3 Å². The fourth-order valence-corrected chi connectivity index (χ4v) is 7.77. The van der Waals surface area contributed by atoms with Crippen molar-refractivity contribution >= 4 is 30.2 Å². The van der Waals surface area contributed by atoms with Crippen LogP contribution in [0.5, 0.6) is 23.0 Å². The number of amides is 1. The molecule has 0 radical (unpaired) electrons. The van der Waals surface area contributed by atoms with Crippen molar-refractivity contribution < 1.29 is 52.9 Å². The Hall–Kier alpha value is -3.55. The molecular formula is C37H45NO11PS-. The monoisotopic (exact) mass is 742 g/mol. The van der Waals surface area contributed by atoms with E-state index in [1.165, 1.54) is 30.9 Å². The maximum absolute atomic E-state index is 13.2. The van der Waals surface area contributed by atoms with Gasteiger partial charge in [0.2, 0.25) is 0 Å². The summed E-state index contributed by atoms with van der Waals surface area (Å²) in [6.07, 6.45) is 3.35. The molecule has 3 aliphatic rings. The van der Waals surface area contributed by atoms with Gasteiger partial charge in [-0.15, -0.1) is 0 Å². The Bertz CT molecular complexity index is 1730.